The van der Waals surface area contributed by atoms with Crippen LogP contribution in [0.4, 0.5) is 0 Å². The highest BCUT2D eigenvalue weighted by Gasteiger charge is 2.21. The van der Waals surface area contributed by atoms with Crippen molar-refractivity contribution in [3.05, 3.63) is 24.3 Å². The average molecular weight is 314 g/mol. The minimum absolute atomic E-state index is 0.0404. The maximum Gasteiger partial charge on any atom is 0.240 e. The molecule has 2 N–H and O–H groups in total. The first-order valence-electron chi connectivity index (χ1n) is 7.06. The third-order valence-corrected chi connectivity index (χ3v) is 4.85. The van der Waals surface area contributed by atoms with Gasteiger partial charge < -0.3 is 14.8 Å². The molecule has 118 valence electrons. The molecule has 0 aliphatic carbocycles. The molecule has 1 aliphatic heterocycles. The first-order valence-corrected chi connectivity index (χ1v) is 8.55. The molecule has 1 heterocycles. The van der Waals surface area contributed by atoms with Gasteiger partial charge in [-0.3, -0.25) is 0 Å². The number of methoxy groups -OCH3 is 1. The number of benzene rings is 1. The molecule has 0 unspecified atom stereocenters. The van der Waals surface area contributed by atoms with Crippen molar-refractivity contribution in [3.63, 3.8) is 0 Å². The van der Waals surface area contributed by atoms with E-state index in [4.69, 9.17) is 9.47 Å². The van der Waals surface area contributed by atoms with E-state index in [0.29, 0.717) is 25.5 Å². The van der Waals surface area contributed by atoms with E-state index in [2.05, 4.69) is 10.0 Å². The summed E-state index contributed by atoms with van der Waals surface area (Å²) in [6.07, 6.45) is 1.85. The highest BCUT2D eigenvalue weighted by Crippen LogP contribution is 2.17. The van der Waals surface area contributed by atoms with Crippen LogP contribution in [0.2, 0.25) is 0 Å². The predicted octanol–water partition coefficient (Wildman–Crippen LogP) is 0.742. The van der Waals surface area contributed by atoms with E-state index in [1.165, 1.54) is 0 Å². The number of piperidine rings is 1. The summed E-state index contributed by atoms with van der Waals surface area (Å²) in [7, 11) is -1.87. The first-order chi connectivity index (χ1) is 10.1. The summed E-state index contributed by atoms with van der Waals surface area (Å²) in [6, 6.07) is 6.38. The van der Waals surface area contributed by atoms with Gasteiger partial charge in [-0.2, -0.15) is 0 Å². The van der Waals surface area contributed by atoms with Crippen LogP contribution in [-0.4, -0.2) is 47.9 Å². The van der Waals surface area contributed by atoms with Crippen LogP contribution in [0.3, 0.4) is 0 Å². The zero-order valence-corrected chi connectivity index (χ0v) is 13.0. The van der Waals surface area contributed by atoms with E-state index in [1.807, 2.05) is 0 Å². The average Bonchev–Trinajstić information content (AvgIpc) is 2.49. The Kier molecular flexibility index (Phi) is 5.98. The molecule has 7 heteroatoms. The molecule has 0 radical (unpaired) electrons. The van der Waals surface area contributed by atoms with Crippen LogP contribution in [-0.2, 0) is 14.8 Å². The van der Waals surface area contributed by atoms with Crippen molar-refractivity contribution in [1.82, 2.24) is 10.0 Å². The van der Waals surface area contributed by atoms with Gasteiger partial charge in [-0.1, -0.05) is 0 Å². The molecule has 1 saturated heterocycles. The molecular formula is C14H22N2O4S. The summed E-state index contributed by atoms with van der Waals surface area (Å²) in [5.74, 6) is 0.630. The molecular weight excluding hydrogens is 292 g/mol. The van der Waals surface area contributed by atoms with Gasteiger partial charge >= 0.3 is 0 Å². The second-order valence-electron chi connectivity index (χ2n) is 4.98. The van der Waals surface area contributed by atoms with Gasteiger partial charge in [0.2, 0.25) is 10.0 Å². The first kappa shape index (κ1) is 16.2. The van der Waals surface area contributed by atoms with Crippen molar-refractivity contribution < 1.29 is 17.9 Å². The second kappa shape index (κ2) is 7.74. The summed E-state index contributed by atoms with van der Waals surface area (Å²) in [5.41, 5.74) is 0. The Morgan fingerprint density at radius 1 is 1.29 bits per heavy atom. The topological polar surface area (TPSA) is 76.7 Å². The number of hydrogen-bond acceptors (Lipinski definition) is 5. The minimum Gasteiger partial charge on any atom is -0.491 e. The van der Waals surface area contributed by atoms with Crippen molar-refractivity contribution in [2.24, 2.45) is 0 Å². The van der Waals surface area contributed by atoms with E-state index < -0.39 is 10.0 Å². The molecule has 0 bridgehead atoms. The zero-order chi connectivity index (χ0) is 15.1. The molecule has 1 aromatic rings. The van der Waals surface area contributed by atoms with Gasteiger partial charge in [0.1, 0.15) is 12.4 Å². The summed E-state index contributed by atoms with van der Waals surface area (Å²) < 4.78 is 37.6. The van der Waals surface area contributed by atoms with E-state index in [0.717, 1.165) is 19.4 Å². The molecule has 0 spiro atoms. The van der Waals surface area contributed by atoms with E-state index in [1.54, 1.807) is 31.4 Å². The smallest absolute Gasteiger partial charge is 0.240 e. The summed E-state index contributed by atoms with van der Waals surface area (Å²) >= 11 is 0. The number of hydrogen-bond donors (Lipinski definition) is 2. The standard InChI is InChI=1S/C14H22N2O4S/c1-19-9-10-20-13-4-6-14(7-5-13)21(17,18)16-12-3-2-8-15-11-12/h4-7,12,15-16H,2-3,8-11H2,1H3/t12-/m1/s1. The SMILES string of the molecule is COCCOc1ccc(S(=O)(=O)N[C@@H]2CCCNC2)cc1. The highest BCUT2D eigenvalue weighted by atomic mass is 32.2. The maximum atomic E-state index is 12.3. The number of sulfonamides is 1. The van der Waals surface area contributed by atoms with Crippen molar-refractivity contribution in [3.8, 4) is 5.75 Å². The van der Waals surface area contributed by atoms with Crippen LogP contribution in [0.15, 0.2) is 29.2 Å². The Morgan fingerprint density at radius 3 is 2.67 bits per heavy atom. The third kappa shape index (κ3) is 4.96. The van der Waals surface area contributed by atoms with Gasteiger partial charge in [0.05, 0.1) is 11.5 Å². The fraction of sp³-hybridized carbons (Fsp3) is 0.571. The molecule has 0 aromatic heterocycles. The summed E-state index contributed by atoms with van der Waals surface area (Å²) in [5, 5.41) is 3.19. The normalized spacial score (nSPS) is 19.4. The van der Waals surface area contributed by atoms with E-state index >= 15 is 0 Å². The fourth-order valence-electron chi connectivity index (χ4n) is 2.20. The zero-order valence-electron chi connectivity index (χ0n) is 12.2. The molecule has 0 saturated carbocycles. The molecule has 6 nitrogen and oxygen atoms in total. The van der Waals surface area contributed by atoms with Crippen LogP contribution in [0, 0.1) is 0 Å². The molecule has 1 aromatic carbocycles. The Bertz CT molecular complexity index is 524. The van der Waals surface area contributed by atoms with E-state index in [9.17, 15) is 8.42 Å². The largest absolute Gasteiger partial charge is 0.491 e. The molecule has 2 rings (SSSR count). The monoisotopic (exact) mass is 314 g/mol. The molecule has 0 amide bonds. The fourth-order valence-corrected chi connectivity index (χ4v) is 3.47. The lowest BCUT2D eigenvalue weighted by Gasteiger charge is -2.23. The number of nitrogens with one attached hydrogen (secondary N) is 2. The summed E-state index contributed by atoms with van der Waals surface area (Å²) in [4.78, 5) is 0.257. The Morgan fingerprint density at radius 2 is 2.05 bits per heavy atom. The predicted molar refractivity (Wildman–Crippen MR) is 80.0 cm³/mol. The lowest BCUT2D eigenvalue weighted by molar-refractivity contribution is 0.146. The molecule has 1 aliphatic rings. The number of rotatable bonds is 7. The Labute approximate surface area is 125 Å². The van der Waals surface area contributed by atoms with Crippen molar-refractivity contribution >= 4 is 10.0 Å². The third-order valence-electron chi connectivity index (χ3n) is 3.31. The van der Waals surface area contributed by atoms with Gasteiger partial charge in [0.25, 0.3) is 0 Å². The van der Waals surface area contributed by atoms with Gasteiger partial charge in [0, 0.05) is 19.7 Å². The Balaban J connectivity index is 1.95. The van der Waals surface area contributed by atoms with Gasteiger partial charge in [-0.15, -0.1) is 0 Å². The molecule has 1 atom stereocenters. The minimum atomic E-state index is -3.47. The van der Waals surface area contributed by atoms with Crippen molar-refractivity contribution in [2.75, 3.05) is 33.4 Å². The molecule has 21 heavy (non-hydrogen) atoms. The van der Waals surface area contributed by atoms with Crippen LogP contribution >= 0.6 is 0 Å². The number of ether oxygens (including phenoxy) is 2. The lowest BCUT2D eigenvalue weighted by Crippen LogP contribution is -2.45. The quantitative estimate of drug-likeness (QED) is 0.726. The van der Waals surface area contributed by atoms with Gasteiger partial charge in [-0.05, 0) is 43.7 Å². The van der Waals surface area contributed by atoms with Gasteiger partial charge in [0.15, 0.2) is 0 Å². The maximum absolute atomic E-state index is 12.3. The van der Waals surface area contributed by atoms with Crippen molar-refractivity contribution in [1.29, 1.82) is 0 Å². The van der Waals surface area contributed by atoms with Crippen LogP contribution in [0.5, 0.6) is 5.75 Å². The van der Waals surface area contributed by atoms with E-state index in [-0.39, 0.29) is 10.9 Å². The highest BCUT2D eigenvalue weighted by molar-refractivity contribution is 7.89. The molecule has 1 fully saturated rings. The van der Waals surface area contributed by atoms with Crippen LogP contribution < -0.4 is 14.8 Å². The van der Waals surface area contributed by atoms with Crippen LogP contribution in [0.1, 0.15) is 12.8 Å². The lowest BCUT2D eigenvalue weighted by atomic mass is 10.1. The summed E-state index contributed by atoms with van der Waals surface area (Å²) in [6.45, 7) is 2.56. The van der Waals surface area contributed by atoms with Crippen LogP contribution in [0.25, 0.3) is 0 Å². The Hall–Kier alpha value is -1.15. The second-order valence-corrected chi connectivity index (χ2v) is 6.69. The van der Waals surface area contributed by atoms with Gasteiger partial charge in [-0.25, -0.2) is 13.1 Å². The van der Waals surface area contributed by atoms with Crippen molar-refractivity contribution in [2.45, 2.75) is 23.8 Å².